The maximum absolute atomic E-state index is 5.30. The van der Waals surface area contributed by atoms with Gasteiger partial charge in [0.15, 0.2) is 17.5 Å². The van der Waals surface area contributed by atoms with Crippen molar-refractivity contribution in [3.63, 3.8) is 0 Å². The Kier molecular flexibility index (Phi) is 7.49. The van der Waals surface area contributed by atoms with Gasteiger partial charge in [-0.15, -0.1) is 0 Å². The molecule has 0 atom stereocenters. The van der Waals surface area contributed by atoms with Gasteiger partial charge in [0, 0.05) is 16.7 Å². The minimum Gasteiger partial charge on any atom is -0.208 e. The van der Waals surface area contributed by atoms with Crippen LogP contribution in [0.15, 0.2) is 140 Å². The first kappa shape index (κ1) is 31.1. The molecule has 1 spiro atoms. The molecule has 1 aromatic heterocycles. The normalized spacial score (nSPS) is 16.5. The summed E-state index contributed by atoms with van der Waals surface area (Å²) in [5.41, 5.74) is 17.4. The van der Waals surface area contributed by atoms with Crippen molar-refractivity contribution in [3.8, 4) is 45.0 Å². The van der Waals surface area contributed by atoms with Crippen LogP contribution < -0.4 is 0 Å². The number of aryl methyl sites for hydroxylation is 2. The third-order valence-electron chi connectivity index (χ3n) is 11.9. The second-order valence-corrected chi connectivity index (χ2v) is 14.9. The van der Waals surface area contributed by atoms with E-state index in [0.29, 0.717) is 11.6 Å². The molecule has 52 heavy (non-hydrogen) atoms. The average molecular weight is 672 g/mol. The van der Waals surface area contributed by atoms with Crippen molar-refractivity contribution >= 4 is 5.57 Å². The van der Waals surface area contributed by atoms with Crippen molar-refractivity contribution in [1.29, 1.82) is 0 Å². The van der Waals surface area contributed by atoms with Crippen LogP contribution in [-0.4, -0.2) is 15.0 Å². The van der Waals surface area contributed by atoms with Gasteiger partial charge in [-0.05, 0) is 119 Å². The van der Waals surface area contributed by atoms with Gasteiger partial charge in [-0.25, -0.2) is 15.0 Å². The van der Waals surface area contributed by atoms with Gasteiger partial charge in [-0.1, -0.05) is 134 Å². The van der Waals surface area contributed by atoms with E-state index in [4.69, 9.17) is 15.0 Å². The Hall–Kier alpha value is -5.67. The Bertz CT molecular complexity index is 2410. The Balaban J connectivity index is 1.20. The molecule has 0 radical (unpaired) electrons. The summed E-state index contributed by atoms with van der Waals surface area (Å²) in [6.45, 7) is 4.09. The summed E-state index contributed by atoms with van der Waals surface area (Å²) in [7, 11) is 0. The topological polar surface area (TPSA) is 38.7 Å². The number of hydrogen-bond acceptors (Lipinski definition) is 3. The third-order valence-corrected chi connectivity index (χ3v) is 11.9. The van der Waals surface area contributed by atoms with Gasteiger partial charge in [0.2, 0.25) is 0 Å². The van der Waals surface area contributed by atoms with Crippen molar-refractivity contribution in [2.75, 3.05) is 0 Å². The van der Waals surface area contributed by atoms with Crippen LogP contribution >= 0.6 is 0 Å². The second-order valence-electron chi connectivity index (χ2n) is 14.9. The number of nitrogens with zero attached hydrogens (tertiary/aromatic N) is 3. The van der Waals surface area contributed by atoms with Crippen LogP contribution in [0, 0.1) is 0 Å². The molecule has 0 aliphatic heterocycles. The maximum Gasteiger partial charge on any atom is 0.164 e. The molecular weight excluding hydrogens is 631 g/mol. The Morgan fingerprint density at radius 3 is 1.69 bits per heavy atom. The quantitative estimate of drug-likeness (QED) is 0.171. The summed E-state index contributed by atoms with van der Waals surface area (Å²) in [4.78, 5) is 15.8. The van der Waals surface area contributed by atoms with Gasteiger partial charge in [-0.3, -0.25) is 0 Å². The summed E-state index contributed by atoms with van der Waals surface area (Å²) in [6, 6.07) is 40.6. The van der Waals surface area contributed by atoms with E-state index in [2.05, 4.69) is 128 Å². The summed E-state index contributed by atoms with van der Waals surface area (Å²) in [5, 5.41) is 0. The lowest BCUT2D eigenvalue weighted by Gasteiger charge is -2.30. The largest absolute Gasteiger partial charge is 0.208 e. The van der Waals surface area contributed by atoms with Gasteiger partial charge in [0.05, 0.1) is 5.41 Å². The molecule has 0 N–H and O–H groups in total. The van der Waals surface area contributed by atoms with E-state index >= 15 is 0 Å². The van der Waals surface area contributed by atoms with Crippen molar-refractivity contribution < 1.29 is 0 Å². The van der Waals surface area contributed by atoms with E-state index in [9.17, 15) is 0 Å². The lowest BCUT2D eigenvalue weighted by Crippen LogP contribution is -2.25. The molecule has 0 bridgehead atoms. The fourth-order valence-corrected chi connectivity index (χ4v) is 9.55. The van der Waals surface area contributed by atoms with Crippen LogP contribution in [-0.2, 0) is 18.3 Å². The molecule has 3 heteroatoms. The van der Waals surface area contributed by atoms with Gasteiger partial charge in [-0.2, -0.15) is 0 Å². The molecule has 6 aromatic rings. The Labute approximate surface area is 306 Å². The first-order valence-electron chi connectivity index (χ1n) is 19.1. The van der Waals surface area contributed by atoms with Gasteiger partial charge in [0.25, 0.3) is 0 Å². The fraction of sp³-hybridized carbons (Fsp3) is 0.204. The third kappa shape index (κ3) is 4.83. The Morgan fingerprint density at radius 2 is 1.06 bits per heavy atom. The van der Waals surface area contributed by atoms with E-state index in [1.54, 1.807) is 0 Å². The van der Waals surface area contributed by atoms with Gasteiger partial charge >= 0.3 is 0 Å². The lowest BCUT2D eigenvalue weighted by molar-refractivity contribution is 0.599. The van der Waals surface area contributed by atoms with Crippen molar-refractivity contribution in [3.05, 3.63) is 179 Å². The summed E-state index contributed by atoms with van der Waals surface area (Å²) in [5.74, 6) is 2.12. The number of aromatic nitrogens is 3. The molecule has 252 valence electrons. The number of rotatable bonds is 5. The number of fused-ring (bicyclic) bond motifs is 11. The smallest absolute Gasteiger partial charge is 0.164 e. The van der Waals surface area contributed by atoms with Gasteiger partial charge in [0.1, 0.15) is 0 Å². The van der Waals surface area contributed by atoms with Crippen LogP contribution in [0.25, 0.3) is 50.6 Å². The number of benzene rings is 5. The van der Waals surface area contributed by atoms with Crippen LogP contribution in [0.5, 0.6) is 0 Å². The molecule has 10 rings (SSSR count). The van der Waals surface area contributed by atoms with Crippen molar-refractivity contribution in [1.82, 2.24) is 15.0 Å². The second kappa shape index (κ2) is 12.5. The SMILES string of the molecule is C=C/C=C(\C=C1CCCCC1)c1nc(-c2ccc3c(c2)CCCC3)nc(-c2ccc3c(c2)C2(c4ccccc4-c4ccccc42)c2ccccc2-3)n1. The van der Waals surface area contributed by atoms with Crippen LogP contribution in [0.3, 0.4) is 0 Å². The number of allylic oxidation sites excluding steroid dienone is 5. The Morgan fingerprint density at radius 1 is 0.519 bits per heavy atom. The number of hydrogen-bond donors (Lipinski definition) is 0. The summed E-state index contributed by atoms with van der Waals surface area (Å²) in [6.07, 6.45) is 17.0. The van der Waals surface area contributed by atoms with E-state index < -0.39 is 5.41 Å². The van der Waals surface area contributed by atoms with Gasteiger partial charge < -0.3 is 0 Å². The molecular formula is C49H41N3. The highest BCUT2D eigenvalue weighted by molar-refractivity contribution is 5.95. The molecule has 0 saturated heterocycles. The maximum atomic E-state index is 5.30. The van der Waals surface area contributed by atoms with Crippen molar-refractivity contribution in [2.24, 2.45) is 0 Å². The molecule has 4 aliphatic rings. The highest BCUT2D eigenvalue weighted by Crippen LogP contribution is 2.63. The molecule has 1 saturated carbocycles. The molecule has 0 unspecified atom stereocenters. The van der Waals surface area contributed by atoms with E-state index in [1.807, 2.05) is 6.08 Å². The highest BCUT2D eigenvalue weighted by atomic mass is 15.0. The van der Waals surface area contributed by atoms with E-state index in [-0.39, 0.29) is 0 Å². The highest BCUT2D eigenvalue weighted by Gasteiger charge is 2.51. The van der Waals surface area contributed by atoms with Crippen LogP contribution in [0.1, 0.15) is 84.2 Å². The molecule has 1 fully saturated rings. The molecule has 0 amide bonds. The molecule has 1 heterocycles. The lowest BCUT2D eigenvalue weighted by atomic mass is 9.70. The first-order chi connectivity index (χ1) is 25.7. The van der Waals surface area contributed by atoms with E-state index in [1.165, 1.54) is 93.3 Å². The molecule has 5 aromatic carbocycles. The van der Waals surface area contributed by atoms with Crippen molar-refractivity contribution in [2.45, 2.75) is 63.2 Å². The zero-order valence-electron chi connectivity index (χ0n) is 29.5. The fourth-order valence-electron chi connectivity index (χ4n) is 9.55. The zero-order chi connectivity index (χ0) is 34.6. The molecule has 4 aliphatic carbocycles. The van der Waals surface area contributed by atoms with Crippen LogP contribution in [0.4, 0.5) is 0 Å². The predicted octanol–water partition coefficient (Wildman–Crippen LogP) is 11.9. The monoisotopic (exact) mass is 671 g/mol. The minimum absolute atomic E-state index is 0.425. The summed E-state index contributed by atoms with van der Waals surface area (Å²) >= 11 is 0. The molecule has 3 nitrogen and oxygen atoms in total. The zero-order valence-corrected chi connectivity index (χ0v) is 29.5. The standard InChI is InChI=1S/C49H41N3/c1-2-14-35(29-32-15-4-3-5-16-32)46-50-47(36-26-25-33-17-6-7-18-34(33)30-36)52-48(51-46)37-27-28-41-40-21-10-13-24-44(40)49(45(41)31-37)42-22-11-8-19-38(42)39-20-9-12-23-43(39)49/h2,8-14,19-31H,1,3-7,15-18H2/b35-14+. The van der Waals surface area contributed by atoms with Crippen LogP contribution in [0.2, 0.25) is 0 Å². The van der Waals surface area contributed by atoms with E-state index in [0.717, 1.165) is 48.2 Å². The average Bonchev–Trinajstić information content (AvgIpc) is 3.68. The first-order valence-corrected chi connectivity index (χ1v) is 19.1. The summed E-state index contributed by atoms with van der Waals surface area (Å²) < 4.78 is 0. The predicted molar refractivity (Wildman–Crippen MR) is 213 cm³/mol. The minimum atomic E-state index is -0.425.